The monoisotopic (exact) mass is 369 g/mol. The molecule has 0 heterocycles. The summed E-state index contributed by atoms with van der Waals surface area (Å²) in [7, 11) is 0. The van der Waals surface area contributed by atoms with Crippen LogP contribution < -0.4 is 5.32 Å². The molecule has 0 bridgehead atoms. The van der Waals surface area contributed by atoms with Gasteiger partial charge in [-0.3, -0.25) is 0 Å². The van der Waals surface area contributed by atoms with Crippen molar-refractivity contribution < 1.29 is 0 Å². The molecule has 142 valence electrons. The summed E-state index contributed by atoms with van der Waals surface area (Å²) in [5.41, 5.74) is 6.70. The maximum atomic E-state index is 3.55. The van der Waals surface area contributed by atoms with E-state index < -0.39 is 0 Å². The minimum Gasteiger partial charge on any atom is -0.309 e. The van der Waals surface area contributed by atoms with E-state index in [1.807, 2.05) is 13.8 Å². The van der Waals surface area contributed by atoms with E-state index in [1.54, 1.807) is 11.8 Å². The first kappa shape index (κ1) is 24.2. The van der Waals surface area contributed by atoms with Gasteiger partial charge < -0.3 is 5.32 Å². The van der Waals surface area contributed by atoms with Gasteiger partial charge in [-0.25, -0.2) is 0 Å². The Balaban J connectivity index is 0.00000146. The van der Waals surface area contributed by atoms with Gasteiger partial charge in [0.1, 0.15) is 0 Å². The highest BCUT2D eigenvalue weighted by Gasteiger charge is 2.01. The van der Waals surface area contributed by atoms with E-state index in [-0.39, 0.29) is 0 Å². The van der Waals surface area contributed by atoms with Crippen molar-refractivity contribution in [3.8, 4) is 0 Å². The standard InChI is InChI=1S/C20H25NS.C2H6.C2H4/c1-15(2)11-18-10-9-17(12-16(18)3)13-21-14-19-7-5-6-8-20(19)22-4;2*1-2/h5-12,21H,13-14H2,1-4H3;1-2H3;1-2H2. The average molecular weight is 370 g/mol. The Hall–Kier alpha value is -1.77. The molecule has 0 aliphatic carbocycles. The van der Waals surface area contributed by atoms with Crippen molar-refractivity contribution in [2.75, 3.05) is 6.26 Å². The van der Waals surface area contributed by atoms with Crippen LogP contribution in [0.3, 0.4) is 0 Å². The number of benzene rings is 2. The average Bonchev–Trinajstić information content (AvgIpc) is 2.67. The molecule has 1 nitrogen and oxygen atoms in total. The molecule has 2 aromatic carbocycles. The summed E-state index contributed by atoms with van der Waals surface area (Å²) in [4.78, 5) is 1.35. The van der Waals surface area contributed by atoms with Crippen molar-refractivity contribution in [1.82, 2.24) is 5.32 Å². The molecule has 0 radical (unpaired) electrons. The highest BCUT2D eigenvalue weighted by molar-refractivity contribution is 7.98. The third-order valence-corrected chi connectivity index (χ3v) is 4.45. The molecule has 0 aromatic heterocycles. The molecule has 2 aromatic rings. The summed E-state index contributed by atoms with van der Waals surface area (Å²) in [6, 6.07) is 15.3. The SMILES string of the molecule is C=C.CC.CSc1ccccc1CNCc1ccc(C=C(C)C)c(C)c1. The molecule has 0 saturated carbocycles. The van der Waals surface area contributed by atoms with Gasteiger partial charge in [0.05, 0.1) is 0 Å². The van der Waals surface area contributed by atoms with Gasteiger partial charge in [0, 0.05) is 18.0 Å². The van der Waals surface area contributed by atoms with E-state index in [9.17, 15) is 0 Å². The zero-order valence-electron chi connectivity index (χ0n) is 17.4. The second-order valence-corrected chi connectivity index (χ2v) is 6.68. The number of thioether (sulfide) groups is 1. The normalized spacial score (nSPS) is 9.31. The molecular formula is C24H35NS. The maximum absolute atomic E-state index is 3.55. The van der Waals surface area contributed by atoms with Crippen LogP contribution in [0.5, 0.6) is 0 Å². The largest absolute Gasteiger partial charge is 0.309 e. The second kappa shape index (κ2) is 14.4. The fourth-order valence-corrected chi connectivity index (χ4v) is 3.13. The van der Waals surface area contributed by atoms with Gasteiger partial charge in [0.25, 0.3) is 0 Å². The molecule has 0 saturated heterocycles. The zero-order chi connectivity index (χ0) is 19.9. The first-order chi connectivity index (χ1) is 12.6. The van der Waals surface area contributed by atoms with Crippen LogP contribution in [0.2, 0.25) is 0 Å². The predicted molar refractivity (Wildman–Crippen MR) is 122 cm³/mol. The Labute approximate surface area is 165 Å². The number of aryl methyl sites for hydroxylation is 1. The van der Waals surface area contributed by atoms with Crippen LogP contribution in [0.25, 0.3) is 6.08 Å². The highest BCUT2D eigenvalue weighted by atomic mass is 32.2. The minimum atomic E-state index is 0.901. The first-order valence-electron chi connectivity index (χ1n) is 9.17. The molecule has 0 atom stereocenters. The molecule has 2 heteroatoms. The summed E-state index contributed by atoms with van der Waals surface area (Å²) in [5.74, 6) is 0. The smallest absolute Gasteiger partial charge is 0.0219 e. The highest BCUT2D eigenvalue weighted by Crippen LogP contribution is 2.20. The van der Waals surface area contributed by atoms with Crippen LogP contribution in [-0.4, -0.2) is 6.26 Å². The van der Waals surface area contributed by atoms with Crippen LogP contribution in [0.15, 0.2) is 66.1 Å². The predicted octanol–water partition coefficient (Wildman–Crippen LogP) is 7.26. The van der Waals surface area contributed by atoms with Gasteiger partial charge >= 0.3 is 0 Å². The Morgan fingerprint density at radius 2 is 1.69 bits per heavy atom. The lowest BCUT2D eigenvalue weighted by molar-refractivity contribution is 0.685. The molecule has 0 aliphatic rings. The summed E-state index contributed by atoms with van der Waals surface area (Å²) >= 11 is 1.81. The van der Waals surface area contributed by atoms with Gasteiger partial charge in [0.2, 0.25) is 0 Å². The van der Waals surface area contributed by atoms with E-state index in [2.05, 4.69) is 94.0 Å². The van der Waals surface area contributed by atoms with Gasteiger partial charge in [-0.1, -0.05) is 61.9 Å². The Bertz CT molecular complexity index is 670. The fraction of sp³-hybridized carbons (Fsp3) is 0.333. The Morgan fingerprint density at radius 1 is 1.04 bits per heavy atom. The lowest BCUT2D eigenvalue weighted by atomic mass is 10.0. The van der Waals surface area contributed by atoms with Crippen molar-refractivity contribution in [3.63, 3.8) is 0 Å². The number of allylic oxidation sites excluding steroid dienone is 1. The molecule has 0 aliphatic heterocycles. The third-order valence-electron chi connectivity index (χ3n) is 3.62. The van der Waals surface area contributed by atoms with Crippen LogP contribution in [0, 0.1) is 6.92 Å². The Kier molecular flexibility index (Phi) is 13.4. The van der Waals surface area contributed by atoms with Crippen molar-refractivity contribution >= 4 is 17.8 Å². The van der Waals surface area contributed by atoms with Crippen LogP contribution in [0.1, 0.15) is 49.9 Å². The number of nitrogens with one attached hydrogen (secondary N) is 1. The molecule has 0 spiro atoms. The molecule has 0 amide bonds. The van der Waals surface area contributed by atoms with Crippen molar-refractivity contribution in [2.24, 2.45) is 0 Å². The van der Waals surface area contributed by atoms with Crippen LogP contribution in [-0.2, 0) is 13.1 Å². The molecule has 1 N–H and O–H groups in total. The van der Waals surface area contributed by atoms with Gasteiger partial charge in [0.15, 0.2) is 0 Å². The molecule has 0 unspecified atom stereocenters. The number of hydrogen-bond donors (Lipinski definition) is 1. The zero-order valence-corrected chi connectivity index (χ0v) is 18.2. The van der Waals surface area contributed by atoms with E-state index in [0.717, 1.165) is 13.1 Å². The first-order valence-corrected chi connectivity index (χ1v) is 10.4. The lowest BCUT2D eigenvalue weighted by Gasteiger charge is -2.10. The van der Waals surface area contributed by atoms with Gasteiger partial charge in [-0.15, -0.1) is 24.9 Å². The molecule has 2 rings (SSSR count). The van der Waals surface area contributed by atoms with Crippen molar-refractivity contribution in [1.29, 1.82) is 0 Å². The summed E-state index contributed by atoms with van der Waals surface area (Å²) in [6.07, 6.45) is 4.37. The molecule has 26 heavy (non-hydrogen) atoms. The molecular weight excluding hydrogens is 334 g/mol. The van der Waals surface area contributed by atoms with Gasteiger partial charge in [-0.05, 0) is 55.3 Å². The topological polar surface area (TPSA) is 12.0 Å². The summed E-state index contributed by atoms with van der Waals surface area (Å²) in [6.45, 7) is 18.3. The van der Waals surface area contributed by atoms with E-state index >= 15 is 0 Å². The van der Waals surface area contributed by atoms with Gasteiger partial charge in [-0.2, -0.15) is 0 Å². The number of rotatable bonds is 6. The van der Waals surface area contributed by atoms with E-state index in [0.29, 0.717) is 0 Å². The second-order valence-electron chi connectivity index (χ2n) is 5.83. The van der Waals surface area contributed by atoms with Crippen molar-refractivity contribution in [3.05, 3.63) is 83.4 Å². The summed E-state index contributed by atoms with van der Waals surface area (Å²) < 4.78 is 0. The van der Waals surface area contributed by atoms with Crippen LogP contribution >= 0.6 is 11.8 Å². The lowest BCUT2D eigenvalue weighted by Crippen LogP contribution is -2.13. The Morgan fingerprint density at radius 3 is 2.27 bits per heavy atom. The fourth-order valence-electron chi connectivity index (χ4n) is 2.51. The molecule has 0 fully saturated rings. The van der Waals surface area contributed by atoms with E-state index in [4.69, 9.17) is 0 Å². The maximum Gasteiger partial charge on any atom is 0.0219 e. The van der Waals surface area contributed by atoms with E-state index in [1.165, 1.54) is 32.7 Å². The summed E-state index contributed by atoms with van der Waals surface area (Å²) in [5, 5.41) is 3.55. The minimum absolute atomic E-state index is 0.901. The number of hydrogen-bond acceptors (Lipinski definition) is 2. The van der Waals surface area contributed by atoms with Crippen molar-refractivity contribution in [2.45, 2.75) is 52.6 Å². The quantitative estimate of drug-likeness (QED) is 0.425. The van der Waals surface area contributed by atoms with Crippen LogP contribution in [0.4, 0.5) is 0 Å². The third kappa shape index (κ3) is 8.55.